The summed E-state index contributed by atoms with van der Waals surface area (Å²) in [6.07, 6.45) is 1.72. The predicted octanol–water partition coefficient (Wildman–Crippen LogP) is 4.44. The molecule has 2 heterocycles. The number of aromatic nitrogens is 2. The topological polar surface area (TPSA) is 82.1 Å². The number of hydrogen-bond acceptors (Lipinski definition) is 6. The summed E-state index contributed by atoms with van der Waals surface area (Å²) < 4.78 is 5.47. The van der Waals surface area contributed by atoms with Gasteiger partial charge >= 0.3 is 0 Å². The zero-order valence-corrected chi connectivity index (χ0v) is 12.5. The van der Waals surface area contributed by atoms with Crippen LogP contribution in [0.1, 0.15) is 10.8 Å². The molecule has 1 aromatic carbocycles. The number of non-ortho nitro benzene ring substituents is 1. The van der Waals surface area contributed by atoms with Crippen LogP contribution in [-0.4, -0.2) is 15.1 Å². The summed E-state index contributed by atoms with van der Waals surface area (Å²) in [4.78, 5) is 11.3. The zero-order valence-electron chi connectivity index (χ0n) is 11.0. The van der Waals surface area contributed by atoms with Crippen LogP contribution in [0.3, 0.4) is 0 Å². The summed E-state index contributed by atoms with van der Waals surface area (Å²) in [5.41, 5.74) is 0.422. The zero-order chi connectivity index (χ0) is 15.5. The molecule has 0 fully saturated rings. The van der Waals surface area contributed by atoms with Crippen molar-refractivity contribution >= 4 is 39.7 Å². The first-order valence-electron chi connectivity index (χ1n) is 6.13. The number of hydrogen-bond donors (Lipinski definition) is 0. The second kappa shape index (κ2) is 6.08. The van der Waals surface area contributed by atoms with E-state index in [0.29, 0.717) is 10.6 Å². The van der Waals surface area contributed by atoms with Crippen molar-refractivity contribution in [1.29, 1.82) is 0 Å². The molecule has 0 saturated heterocycles. The van der Waals surface area contributed by atoms with Crippen LogP contribution in [0.15, 0.2) is 46.2 Å². The Morgan fingerprint density at radius 2 is 2.18 bits per heavy atom. The Morgan fingerprint density at radius 3 is 2.91 bits per heavy atom. The van der Waals surface area contributed by atoms with Crippen LogP contribution >= 0.6 is 22.9 Å². The first-order valence-corrected chi connectivity index (χ1v) is 7.38. The summed E-state index contributed by atoms with van der Waals surface area (Å²) >= 11 is 7.67. The number of nitro groups is 1. The van der Waals surface area contributed by atoms with E-state index in [1.807, 2.05) is 17.5 Å². The molecule has 0 bridgehead atoms. The Labute approximate surface area is 133 Å². The molecule has 0 spiro atoms. The first-order chi connectivity index (χ1) is 10.6. The molecule has 6 nitrogen and oxygen atoms in total. The third-order valence-electron chi connectivity index (χ3n) is 2.75. The Kier molecular flexibility index (Phi) is 3.99. The molecule has 8 heteroatoms. The highest BCUT2D eigenvalue weighted by molar-refractivity contribution is 7.11. The first kappa shape index (κ1) is 14.4. The minimum Gasteiger partial charge on any atom is -0.415 e. The molecule has 0 N–H and O–H groups in total. The van der Waals surface area contributed by atoms with Gasteiger partial charge in [-0.15, -0.1) is 21.5 Å². The van der Waals surface area contributed by atoms with Gasteiger partial charge in [-0.2, -0.15) is 0 Å². The number of benzene rings is 1. The molecule has 0 aliphatic carbocycles. The van der Waals surface area contributed by atoms with Gasteiger partial charge in [0.05, 0.1) is 4.92 Å². The molecule has 0 aliphatic rings. The molecule has 110 valence electrons. The van der Waals surface area contributed by atoms with Crippen molar-refractivity contribution in [2.45, 2.75) is 0 Å². The van der Waals surface area contributed by atoms with Gasteiger partial charge in [-0.3, -0.25) is 10.1 Å². The second-order valence-corrected chi connectivity index (χ2v) is 5.61. The largest absolute Gasteiger partial charge is 0.415 e. The van der Waals surface area contributed by atoms with Crippen molar-refractivity contribution in [3.63, 3.8) is 0 Å². The van der Waals surface area contributed by atoms with Gasteiger partial charge in [0, 0.05) is 22.6 Å². The fourth-order valence-electron chi connectivity index (χ4n) is 1.75. The van der Waals surface area contributed by atoms with Gasteiger partial charge in [-0.05, 0) is 23.6 Å². The molecule has 3 rings (SSSR count). The molecular weight excluding hydrogens is 326 g/mol. The van der Waals surface area contributed by atoms with E-state index in [1.165, 1.54) is 23.5 Å². The van der Waals surface area contributed by atoms with Crippen molar-refractivity contribution in [3.05, 3.63) is 62.7 Å². The minimum atomic E-state index is -0.482. The monoisotopic (exact) mass is 333 g/mol. The number of nitro benzene ring substituents is 1. The highest BCUT2D eigenvalue weighted by atomic mass is 35.5. The van der Waals surface area contributed by atoms with Crippen molar-refractivity contribution in [3.8, 4) is 11.5 Å². The average Bonchev–Trinajstić information content (AvgIpc) is 3.18. The maximum atomic E-state index is 10.8. The van der Waals surface area contributed by atoms with E-state index in [4.69, 9.17) is 16.0 Å². The Hall–Kier alpha value is -2.51. The smallest absolute Gasteiger partial charge is 0.270 e. The van der Waals surface area contributed by atoms with Crippen molar-refractivity contribution < 1.29 is 9.34 Å². The van der Waals surface area contributed by atoms with Gasteiger partial charge in [-0.25, -0.2) is 0 Å². The second-order valence-electron chi connectivity index (χ2n) is 4.23. The lowest BCUT2D eigenvalue weighted by atomic mass is 10.2. The Bertz CT molecular complexity index is 843. The number of thiophene rings is 1. The van der Waals surface area contributed by atoms with E-state index in [-0.39, 0.29) is 17.5 Å². The van der Waals surface area contributed by atoms with Gasteiger partial charge in [0.15, 0.2) is 0 Å². The molecule has 2 aromatic heterocycles. The van der Waals surface area contributed by atoms with Crippen molar-refractivity contribution in [2.24, 2.45) is 0 Å². The molecule has 0 aliphatic heterocycles. The molecule has 0 radical (unpaired) electrons. The van der Waals surface area contributed by atoms with Crippen LogP contribution < -0.4 is 0 Å². The molecular formula is C14H8ClN3O3S. The summed E-state index contributed by atoms with van der Waals surface area (Å²) in [5.74, 6) is 0.341. The molecule has 22 heavy (non-hydrogen) atoms. The SMILES string of the molecule is O=[N+]([O-])c1cccc(-c2nnc(/C(Cl)=C/c3cccs3)o2)c1. The van der Waals surface area contributed by atoms with Crippen molar-refractivity contribution in [2.75, 3.05) is 0 Å². The van der Waals surface area contributed by atoms with Gasteiger partial charge in [-0.1, -0.05) is 23.7 Å². The van der Waals surface area contributed by atoms with Crippen molar-refractivity contribution in [1.82, 2.24) is 10.2 Å². The van der Waals surface area contributed by atoms with E-state index in [9.17, 15) is 10.1 Å². The Morgan fingerprint density at radius 1 is 1.32 bits per heavy atom. The van der Waals surface area contributed by atoms with E-state index < -0.39 is 4.92 Å². The normalized spacial score (nSPS) is 11.6. The quantitative estimate of drug-likeness (QED) is 0.520. The van der Waals surface area contributed by atoms with Crippen LogP contribution in [0.4, 0.5) is 5.69 Å². The van der Waals surface area contributed by atoms with E-state index >= 15 is 0 Å². The number of nitrogens with zero attached hydrogens (tertiary/aromatic N) is 3. The average molecular weight is 334 g/mol. The van der Waals surface area contributed by atoms with Gasteiger partial charge < -0.3 is 4.42 Å². The highest BCUT2D eigenvalue weighted by Gasteiger charge is 2.14. The van der Waals surface area contributed by atoms with Gasteiger partial charge in [0.1, 0.15) is 5.03 Å². The summed E-state index contributed by atoms with van der Waals surface area (Å²) in [5, 5.41) is 20.8. The molecule has 0 atom stereocenters. The molecule has 0 saturated carbocycles. The lowest BCUT2D eigenvalue weighted by molar-refractivity contribution is -0.384. The van der Waals surface area contributed by atoms with Crippen LogP contribution in [0.5, 0.6) is 0 Å². The van der Waals surface area contributed by atoms with Gasteiger partial charge in [0.25, 0.3) is 11.6 Å². The number of halogens is 1. The molecule has 0 amide bonds. The van der Waals surface area contributed by atoms with Crippen LogP contribution in [0.25, 0.3) is 22.6 Å². The third kappa shape index (κ3) is 3.05. The van der Waals surface area contributed by atoms with E-state index in [2.05, 4.69) is 10.2 Å². The third-order valence-corrected chi connectivity index (χ3v) is 3.84. The lowest BCUT2D eigenvalue weighted by Gasteiger charge is -1.95. The van der Waals surface area contributed by atoms with Gasteiger partial charge in [0.2, 0.25) is 5.89 Å². The lowest BCUT2D eigenvalue weighted by Crippen LogP contribution is -1.88. The van der Waals surface area contributed by atoms with Crippen LogP contribution in [-0.2, 0) is 0 Å². The maximum absolute atomic E-state index is 10.8. The summed E-state index contributed by atoms with van der Waals surface area (Å²) in [6.45, 7) is 0. The standard InChI is InChI=1S/C14H8ClN3O3S/c15-12(8-11-5-2-6-22-11)14-17-16-13(21-14)9-3-1-4-10(7-9)18(19)20/h1-8H/b12-8-. The maximum Gasteiger partial charge on any atom is 0.270 e. The van der Waals surface area contributed by atoms with E-state index in [0.717, 1.165) is 4.88 Å². The highest BCUT2D eigenvalue weighted by Crippen LogP contribution is 2.27. The number of rotatable bonds is 4. The van der Waals surface area contributed by atoms with Crippen LogP contribution in [0, 0.1) is 10.1 Å². The Balaban J connectivity index is 1.91. The molecule has 0 unspecified atom stereocenters. The summed E-state index contributed by atoms with van der Waals surface area (Å²) in [6, 6.07) is 9.79. The minimum absolute atomic E-state index is 0.0440. The fraction of sp³-hybridized carbons (Fsp3) is 0. The predicted molar refractivity (Wildman–Crippen MR) is 84.4 cm³/mol. The molecule has 3 aromatic rings. The fourth-order valence-corrected chi connectivity index (χ4v) is 2.66. The van der Waals surface area contributed by atoms with E-state index in [1.54, 1.807) is 18.2 Å². The van der Waals surface area contributed by atoms with Crippen LogP contribution in [0.2, 0.25) is 0 Å². The summed E-state index contributed by atoms with van der Waals surface area (Å²) in [7, 11) is 0.